The Bertz CT molecular complexity index is 1110. The minimum atomic E-state index is -4.38. The summed E-state index contributed by atoms with van der Waals surface area (Å²) in [5.41, 5.74) is 3.98. The lowest BCUT2D eigenvalue weighted by Gasteiger charge is -2.26. The maximum atomic E-state index is 14.4. The van der Waals surface area contributed by atoms with E-state index in [0.29, 0.717) is 5.56 Å². The van der Waals surface area contributed by atoms with E-state index in [2.05, 4.69) is 0 Å². The fraction of sp³-hybridized carbons (Fsp3) is 0.118. The van der Waals surface area contributed by atoms with E-state index >= 15 is 0 Å². The zero-order chi connectivity index (χ0) is 21.6. The summed E-state index contributed by atoms with van der Waals surface area (Å²) in [6, 6.07) is 12.2. The van der Waals surface area contributed by atoms with Gasteiger partial charge in [0.2, 0.25) is 17.4 Å². The zero-order valence-electron chi connectivity index (χ0n) is 15.9. The molecule has 2 aromatic carbocycles. The average Bonchev–Trinajstić information content (AvgIpc) is 2.85. The van der Waals surface area contributed by atoms with Crippen LogP contribution in [0.4, 0.5) is 4.39 Å². The van der Waals surface area contributed by atoms with Crippen LogP contribution in [0.15, 0.2) is 60.2 Å². The molecule has 0 radical (unpaired) electrons. The maximum Gasteiger partial charge on any atom is 0.304 e. The van der Waals surface area contributed by atoms with Crippen molar-refractivity contribution in [2.24, 2.45) is 5.73 Å². The van der Waals surface area contributed by atoms with E-state index < -0.39 is 43.4 Å². The fourth-order valence-corrected chi connectivity index (χ4v) is 4.39. The summed E-state index contributed by atoms with van der Waals surface area (Å²) in [6.45, 7) is 0. The van der Waals surface area contributed by atoms with Crippen LogP contribution in [0, 0.1) is 5.82 Å². The van der Waals surface area contributed by atoms with Crippen LogP contribution >= 0.6 is 11.6 Å². The molecule has 0 spiro atoms. The van der Waals surface area contributed by atoms with E-state index in [0.717, 1.165) is 6.07 Å². The molecule has 0 saturated heterocycles. The molecule has 0 aliphatic carbocycles. The molecule has 0 fully saturated rings. The number of benzene rings is 2. The molecule has 0 aromatic heterocycles. The molecule has 0 saturated carbocycles. The van der Waals surface area contributed by atoms with Crippen molar-refractivity contribution in [3.8, 4) is 0 Å². The molecule has 1 aliphatic rings. The van der Waals surface area contributed by atoms with Crippen molar-refractivity contribution in [3.63, 3.8) is 0 Å². The van der Waals surface area contributed by atoms with Gasteiger partial charge in [0.25, 0.3) is 0 Å². The average molecular weight is 433 g/mol. The van der Waals surface area contributed by atoms with E-state index in [-0.39, 0.29) is 10.6 Å². The molecule has 2 N–H and O–H groups in total. The number of hydrogen-bond acceptors (Lipinski definition) is 6. The molecule has 1 aliphatic heterocycles. The van der Waals surface area contributed by atoms with Crippen molar-refractivity contribution in [1.29, 1.82) is 0 Å². The molecule has 1 unspecified atom stereocenters. The molecule has 1 heterocycles. The van der Waals surface area contributed by atoms with Crippen LogP contribution in [0.3, 0.4) is 0 Å². The van der Waals surface area contributed by atoms with Gasteiger partial charge in [0, 0.05) is 5.56 Å². The third kappa shape index (κ3) is 3.42. The second-order valence-electron chi connectivity index (χ2n) is 7.17. The number of Topliss-reactive ketones (excluding diaryl/α,β-unsaturated/α-hetero) is 1. The molecule has 0 bridgehead atoms. The summed E-state index contributed by atoms with van der Waals surface area (Å²) in [5, 5.41) is -0.0672. The highest BCUT2D eigenvalue weighted by atomic mass is 35.5. The van der Waals surface area contributed by atoms with Crippen molar-refractivity contribution in [3.05, 3.63) is 82.1 Å². The van der Waals surface area contributed by atoms with Gasteiger partial charge >= 0.3 is 10.1 Å². The van der Waals surface area contributed by atoms with E-state index in [1.54, 1.807) is 30.3 Å². The number of nitrogens with two attached hydrogens (primary N) is 1. The number of carbonyl (C=O) groups is 1. The van der Waals surface area contributed by atoms with Gasteiger partial charge in [-0.3, -0.25) is 4.79 Å². The van der Waals surface area contributed by atoms with Crippen molar-refractivity contribution >= 4 is 51.0 Å². The summed E-state index contributed by atoms with van der Waals surface area (Å²) in [6.07, 6.45) is 0. The first kappa shape index (κ1) is 21.3. The highest BCUT2D eigenvalue weighted by molar-refractivity contribution is 7.90. The minimum absolute atomic E-state index is 0.0672. The van der Waals surface area contributed by atoms with Gasteiger partial charge in [-0.15, -0.1) is 0 Å². The number of hydrogen-bond donors (Lipinski definition) is 1. The van der Waals surface area contributed by atoms with E-state index in [1.807, 2.05) is 0 Å². The Hall–Kier alpha value is -2.39. The number of carbonyl (C=O) groups excluding carboxylic acids is 1. The maximum absolute atomic E-state index is 14.4. The summed E-state index contributed by atoms with van der Waals surface area (Å²) < 4.78 is 49.3. The Labute approximate surface area is 175 Å². The fourth-order valence-electron chi connectivity index (χ4n) is 3.04. The lowest BCUT2D eigenvalue weighted by atomic mass is 9.65. The molecular weight excluding hydrogens is 417 g/mol. The van der Waals surface area contributed by atoms with Crippen LogP contribution in [0.5, 0.6) is 0 Å². The highest BCUT2D eigenvalue weighted by Crippen LogP contribution is 2.41. The van der Waals surface area contributed by atoms with Crippen molar-refractivity contribution < 1.29 is 26.5 Å². The van der Waals surface area contributed by atoms with Crippen LogP contribution in [0.2, 0.25) is 5.02 Å². The Morgan fingerprint density at radius 2 is 1.76 bits per heavy atom. The molecule has 148 valence electrons. The minimum Gasteiger partial charge on any atom is -0.467 e. The lowest BCUT2D eigenvalue weighted by Crippen LogP contribution is -2.40. The van der Waals surface area contributed by atoms with Crippen LogP contribution in [-0.2, 0) is 33.9 Å². The van der Waals surface area contributed by atoms with Gasteiger partial charge in [-0.2, -0.15) is 8.42 Å². The van der Waals surface area contributed by atoms with Crippen molar-refractivity contribution in [2.45, 2.75) is 10.0 Å². The second-order valence-corrected chi connectivity index (χ2v) is 9.67. The largest absolute Gasteiger partial charge is 0.467 e. The van der Waals surface area contributed by atoms with Gasteiger partial charge in [-0.25, -0.2) is 4.39 Å². The summed E-state index contributed by atoms with van der Waals surface area (Å²) >= 11 is 6.06. The van der Waals surface area contributed by atoms with E-state index in [1.165, 1.54) is 35.7 Å². The predicted octanol–water partition coefficient (Wildman–Crippen LogP) is -0.585. The quantitative estimate of drug-likeness (QED) is 0.501. The molecule has 2 aromatic rings. The van der Waals surface area contributed by atoms with Gasteiger partial charge in [0.15, 0.2) is 13.3 Å². The zero-order valence-corrected chi connectivity index (χ0v) is 17.5. The van der Waals surface area contributed by atoms with E-state index in [9.17, 15) is 17.6 Å². The number of ketones is 1. The smallest absolute Gasteiger partial charge is 0.304 e. The molecule has 29 heavy (non-hydrogen) atoms. The first-order valence-corrected chi connectivity index (χ1v) is 10.4. The third-order valence-corrected chi connectivity index (χ3v) is 7.09. The summed E-state index contributed by atoms with van der Waals surface area (Å²) in [4.78, 5) is 13.0. The molecule has 3 rings (SSSR count). The lowest BCUT2D eigenvalue weighted by molar-refractivity contribution is -0.126. The topological polar surface area (TPSA) is 95.7 Å². The first-order valence-electron chi connectivity index (χ1n) is 8.59. The highest BCUT2D eigenvalue weighted by Gasteiger charge is 2.52. The van der Waals surface area contributed by atoms with Gasteiger partial charge in [-0.05, 0) is 17.7 Å². The number of rotatable bonds is 5. The van der Waals surface area contributed by atoms with Crippen LogP contribution in [0.25, 0.3) is 0 Å². The monoisotopic (exact) mass is 433 g/mol. The van der Waals surface area contributed by atoms with Crippen molar-refractivity contribution in [2.75, 3.05) is 0 Å². The Balaban J connectivity index is 1.99. The molecule has 1 atom stereocenters. The third-order valence-electron chi connectivity index (χ3n) is 4.90. The first-order chi connectivity index (χ1) is 13.4. The Morgan fingerprint density at radius 1 is 1.14 bits per heavy atom. The van der Waals surface area contributed by atoms with E-state index in [4.69, 9.17) is 26.3 Å². The normalized spacial score (nSPS) is 19.9. The standard InChI is InChI=1S/C17H16B3ClFNO5S/c18-16(12-10(21)7-4-8-11(12)22)14(24)13(15(23)27-16)28-29(25,26)17(19,20)9-5-2-1-3-6-9/h1-8H,18-20,23H2. The Kier molecular flexibility index (Phi) is 5.25. The van der Waals surface area contributed by atoms with Crippen LogP contribution in [-0.4, -0.2) is 37.7 Å². The van der Waals surface area contributed by atoms with Crippen LogP contribution < -0.4 is 5.73 Å². The summed E-state index contributed by atoms with van der Waals surface area (Å²) in [5.74, 6) is -3.02. The van der Waals surface area contributed by atoms with Gasteiger partial charge in [0.1, 0.15) is 21.5 Å². The molecule has 6 nitrogen and oxygen atoms in total. The number of halogens is 2. The SMILES string of the molecule is BC1(c2c(F)cccc2Cl)OC(N)=C(OS(=O)(=O)C(B)(B)c2ccccc2)C1=O. The summed E-state index contributed by atoms with van der Waals surface area (Å²) in [7, 11) is -0.268. The molecular formula is C17H16B3ClFNO5S. The second kappa shape index (κ2) is 7.14. The molecule has 0 amide bonds. The van der Waals surface area contributed by atoms with Gasteiger partial charge < -0.3 is 14.7 Å². The predicted molar refractivity (Wildman–Crippen MR) is 114 cm³/mol. The Morgan fingerprint density at radius 3 is 2.34 bits per heavy atom. The van der Waals surface area contributed by atoms with Crippen LogP contribution in [0.1, 0.15) is 11.1 Å². The number of ether oxygens (including phenoxy) is 1. The molecule has 12 heteroatoms. The van der Waals surface area contributed by atoms with Crippen molar-refractivity contribution in [1.82, 2.24) is 0 Å². The van der Waals surface area contributed by atoms with Gasteiger partial charge in [-0.1, -0.05) is 48.0 Å². The van der Waals surface area contributed by atoms with Gasteiger partial charge in [0.05, 0.1) is 9.57 Å².